The smallest absolute Gasteiger partial charge is 0.317 e. The topological polar surface area (TPSA) is 433 Å². The molecule has 22 N–H and O–H groups in total. The average Bonchev–Trinajstić information content (AvgIpc) is 4.07. The summed E-state index contributed by atoms with van der Waals surface area (Å²) in [7, 11) is 0. The zero-order chi connectivity index (χ0) is 57.6. The number of nitrogens with one attached hydrogen (secondary N) is 8. The van der Waals surface area contributed by atoms with Crippen LogP contribution in [0.2, 0.25) is 0 Å². The predicted octanol–water partition coefficient (Wildman–Crippen LogP) is -0.676. The Kier molecular flexibility index (Phi) is 23.0. The van der Waals surface area contributed by atoms with E-state index in [1.165, 1.54) is 4.90 Å². The summed E-state index contributed by atoms with van der Waals surface area (Å²) in [5.74, 6) is -5.02. The lowest BCUT2D eigenvalue weighted by atomic mass is 9.96. The minimum Gasteiger partial charge on any atom is -0.370 e. The van der Waals surface area contributed by atoms with E-state index in [1.807, 2.05) is 48.5 Å². The van der Waals surface area contributed by atoms with Crippen molar-refractivity contribution in [3.8, 4) is 0 Å². The summed E-state index contributed by atoms with van der Waals surface area (Å²) < 4.78 is 0. The monoisotopic (exact) mass is 1100 g/mol. The number of hydrogen-bond donors (Lipinski definition) is 15. The highest BCUT2D eigenvalue weighted by atomic mass is 16.2. The van der Waals surface area contributed by atoms with Crippen molar-refractivity contribution in [2.75, 3.05) is 32.7 Å². The van der Waals surface area contributed by atoms with Crippen molar-refractivity contribution in [2.24, 2.45) is 50.1 Å². The summed E-state index contributed by atoms with van der Waals surface area (Å²) in [5.41, 5.74) is 43.7. The van der Waals surface area contributed by atoms with E-state index in [4.69, 9.17) is 40.1 Å². The van der Waals surface area contributed by atoms with Gasteiger partial charge in [0.15, 0.2) is 11.9 Å². The molecular formula is C55H78N18O7. The number of carbonyl (C=O) groups excluding carboxylic acids is 7. The van der Waals surface area contributed by atoms with E-state index >= 15 is 9.59 Å². The maximum atomic E-state index is 15.2. The molecule has 80 heavy (non-hydrogen) atoms. The first kappa shape index (κ1) is 60.5. The molecule has 0 spiro atoms. The Labute approximate surface area is 464 Å². The summed E-state index contributed by atoms with van der Waals surface area (Å²) in [6.07, 6.45) is 8.44. The average molecular weight is 1100 g/mol. The minimum absolute atomic E-state index is 0.00666. The number of aromatic amines is 2. The van der Waals surface area contributed by atoms with Crippen LogP contribution in [0.25, 0.3) is 21.8 Å². The lowest BCUT2D eigenvalue weighted by Crippen LogP contribution is -2.62. The lowest BCUT2D eigenvalue weighted by Gasteiger charge is -2.32. The molecule has 0 unspecified atom stereocenters. The zero-order valence-corrected chi connectivity index (χ0v) is 45.0. The molecule has 1 fully saturated rings. The Morgan fingerprint density at radius 3 is 1.57 bits per heavy atom. The lowest BCUT2D eigenvalue weighted by molar-refractivity contribution is -0.135. The molecule has 1 aliphatic carbocycles. The van der Waals surface area contributed by atoms with Crippen LogP contribution in [-0.2, 0) is 48.0 Å². The summed E-state index contributed by atoms with van der Waals surface area (Å²) in [5, 5.41) is 18.5. The van der Waals surface area contributed by atoms with Crippen LogP contribution in [0.3, 0.4) is 0 Å². The number of hydrogen-bond acceptors (Lipinski definition) is 11. The number of aromatic nitrogens is 2. The Bertz CT molecular complexity index is 2930. The summed E-state index contributed by atoms with van der Waals surface area (Å²) in [6, 6.07) is 15.1. The number of rotatable bonds is 30. The molecule has 6 atom stereocenters. The minimum atomic E-state index is -1.53. The normalized spacial score (nSPS) is 14.7. The second-order valence-corrected chi connectivity index (χ2v) is 20.0. The van der Waals surface area contributed by atoms with Crippen LogP contribution >= 0.6 is 0 Å². The van der Waals surface area contributed by atoms with E-state index in [-0.39, 0.29) is 82.7 Å². The molecule has 5 aromatic rings. The van der Waals surface area contributed by atoms with Crippen LogP contribution in [0.15, 0.2) is 101 Å². The Balaban J connectivity index is 1.34. The fraction of sp³-hybridized carbons (Fsp3) is 0.436. The van der Waals surface area contributed by atoms with Crippen LogP contribution in [-0.4, -0.2) is 143 Å². The molecule has 0 radical (unpaired) electrons. The molecule has 3 aromatic carbocycles. The molecule has 25 heteroatoms. The number of fused-ring (bicyclic) bond motifs is 2. The van der Waals surface area contributed by atoms with Gasteiger partial charge in [0.25, 0.3) is 0 Å². The third kappa shape index (κ3) is 18.5. The zero-order valence-electron chi connectivity index (χ0n) is 45.0. The molecule has 430 valence electrons. The van der Waals surface area contributed by atoms with Crippen molar-refractivity contribution in [1.82, 2.24) is 46.8 Å². The van der Waals surface area contributed by atoms with Crippen molar-refractivity contribution < 1.29 is 33.6 Å². The Morgan fingerprint density at radius 1 is 0.562 bits per heavy atom. The van der Waals surface area contributed by atoms with Crippen LogP contribution in [0.4, 0.5) is 4.79 Å². The molecule has 0 aliphatic heterocycles. The first-order valence-electron chi connectivity index (χ1n) is 27.1. The maximum Gasteiger partial charge on any atom is 0.317 e. The largest absolute Gasteiger partial charge is 0.370 e. The number of benzene rings is 3. The van der Waals surface area contributed by atoms with Gasteiger partial charge in [-0.15, -0.1) is 0 Å². The standard InChI is InChI=1S/C55H78N18O7/c56-23-26-73(55(80)67-36-15-5-2-6-16-36)32-46(52(79)69-43(47(58)74)27-33-13-3-1-4-14-33)72-51(78)45(29-35-31-66-41-21-10-8-18-38(35)41)71-50(77)44(28-34-30-65-40-20-9-7-17-37(34)40)70-49(76)42(22-12-25-64-54(61)62)68-48(75)39(57)19-11-24-63-53(59)60/h1,3-4,7-10,13-14,17-18,20-21,30-31,36,39,42-46,65-66H,2,5-6,11-12,15-16,19,22-29,32,56-57H2,(H2,58,74)(H,67,80)(H,68,75)(H,69,79)(H,70,76)(H,71,77)(H,72,78)(H4,59,60,63)(H4,61,62,64)/t39-,42-,43-,44-,45-,46-/m0/s1. The highest BCUT2D eigenvalue weighted by Crippen LogP contribution is 2.22. The van der Waals surface area contributed by atoms with Crippen LogP contribution in [0.5, 0.6) is 0 Å². The maximum absolute atomic E-state index is 15.2. The first-order valence-corrected chi connectivity index (χ1v) is 27.1. The molecule has 2 heterocycles. The number of aliphatic imine (C=N–C) groups is 2. The van der Waals surface area contributed by atoms with Crippen LogP contribution < -0.4 is 72.0 Å². The molecule has 1 aliphatic rings. The number of nitrogens with two attached hydrogens (primary N) is 7. The number of para-hydroxylation sites is 2. The van der Waals surface area contributed by atoms with E-state index < -0.39 is 84.3 Å². The van der Waals surface area contributed by atoms with E-state index in [1.54, 1.807) is 42.7 Å². The first-order chi connectivity index (χ1) is 38.5. The number of carbonyl (C=O) groups is 7. The second-order valence-electron chi connectivity index (χ2n) is 20.0. The van der Waals surface area contributed by atoms with Gasteiger partial charge < -0.3 is 86.9 Å². The summed E-state index contributed by atoms with van der Waals surface area (Å²) in [6.45, 7) is -0.0603. The van der Waals surface area contributed by atoms with E-state index in [0.29, 0.717) is 23.1 Å². The summed E-state index contributed by atoms with van der Waals surface area (Å²) in [4.78, 5) is 116. The molecule has 8 amide bonds. The number of guanidine groups is 2. The Hall–Kier alpha value is -8.71. The highest BCUT2D eigenvalue weighted by molar-refractivity contribution is 5.98. The highest BCUT2D eigenvalue weighted by Gasteiger charge is 2.35. The van der Waals surface area contributed by atoms with Gasteiger partial charge in [-0.1, -0.05) is 86.0 Å². The van der Waals surface area contributed by atoms with Gasteiger partial charge >= 0.3 is 6.03 Å². The molecule has 0 saturated heterocycles. The van der Waals surface area contributed by atoms with Gasteiger partial charge in [0.05, 0.1) is 12.6 Å². The summed E-state index contributed by atoms with van der Waals surface area (Å²) >= 11 is 0. The van der Waals surface area contributed by atoms with E-state index in [2.05, 4.69) is 51.9 Å². The van der Waals surface area contributed by atoms with Crippen molar-refractivity contribution in [3.63, 3.8) is 0 Å². The molecule has 6 rings (SSSR count). The molecule has 0 bridgehead atoms. The third-order valence-corrected chi connectivity index (χ3v) is 13.9. The molecule has 1 saturated carbocycles. The Morgan fingerprint density at radius 2 is 1.04 bits per heavy atom. The number of urea groups is 1. The van der Waals surface area contributed by atoms with E-state index in [0.717, 1.165) is 53.9 Å². The van der Waals surface area contributed by atoms with Crippen molar-refractivity contribution in [1.29, 1.82) is 0 Å². The van der Waals surface area contributed by atoms with Gasteiger partial charge in [-0.3, -0.25) is 38.8 Å². The third-order valence-electron chi connectivity index (χ3n) is 13.9. The fourth-order valence-corrected chi connectivity index (χ4v) is 9.68. The van der Waals surface area contributed by atoms with Gasteiger partial charge in [0, 0.05) is 85.7 Å². The van der Waals surface area contributed by atoms with Crippen molar-refractivity contribution in [2.45, 2.75) is 119 Å². The van der Waals surface area contributed by atoms with Gasteiger partial charge in [-0.05, 0) is 67.3 Å². The van der Waals surface area contributed by atoms with E-state index in [9.17, 15) is 24.0 Å². The van der Waals surface area contributed by atoms with Crippen molar-refractivity contribution >= 4 is 75.2 Å². The number of amides is 8. The van der Waals surface area contributed by atoms with Gasteiger partial charge in [0.2, 0.25) is 35.4 Å². The second kappa shape index (κ2) is 30.4. The number of nitrogens with zero attached hydrogens (tertiary/aromatic N) is 3. The fourth-order valence-electron chi connectivity index (χ4n) is 9.68. The van der Waals surface area contributed by atoms with Crippen molar-refractivity contribution in [3.05, 3.63) is 108 Å². The molecule has 25 nitrogen and oxygen atoms in total. The predicted molar refractivity (Wildman–Crippen MR) is 307 cm³/mol. The van der Waals surface area contributed by atoms with Crippen LogP contribution in [0.1, 0.15) is 74.5 Å². The SMILES string of the molecule is NCCN(C[C@H](NC(=O)[C@H](Cc1c[nH]c2ccccc12)NC(=O)[C@H](Cc1c[nH]c2ccccc12)NC(=O)[C@H](CCCN=C(N)N)NC(=O)[C@@H](N)CCCN=C(N)N)C(=O)N[C@@H](Cc1ccccc1)C(N)=O)C(=O)NC1CCCCC1. The van der Waals surface area contributed by atoms with Crippen LogP contribution in [0, 0.1) is 0 Å². The number of primary amides is 1. The molecule has 2 aromatic heterocycles. The van der Waals surface area contributed by atoms with Gasteiger partial charge in [-0.2, -0.15) is 0 Å². The molecular weight excluding hydrogens is 1020 g/mol. The quantitative estimate of drug-likeness (QED) is 0.0154. The van der Waals surface area contributed by atoms with Gasteiger partial charge in [0.1, 0.15) is 30.2 Å². The number of H-pyrrole nitrogens is 2. The van der Waals surface area contributed by atoms with Gasteiger partial charge in [-0.25, -0.2) is 4.79 Å².